The minimum absolute atomic E-state index is 0.645. The largest absolute Gasteiger partial charge is 0.326 e. The summed E-state index contributed by atoms with van der Waals surface area (Å²) in [5.74, 6) is 0.733. The highest BCUT2D eigenvalue weighted by molar-refractivity contribution is 5.25. The Balaban J connectivity index is 2.65. The highest BCUT2D eigenvalue weighted by atomic mass is 14.5. The average Bonchev–Trinajstić information content (AvgIpc) is 2.31. The number of rotatable bonds is 6. The quantitative estimate of drug-likeness (QED) is 0.750. The van der Waals surface area contributed by atoms with Crippen molar-refractivity contribution in [3.63, 3.8) is 0 Å². The van der Waals surface area contributed by atoms with Crippen LogP contribution < -0.4 is 5.73 Å². The molecule has 0 radical (unpaired) electrons. The molecule has 0 aliphatic rings. The number of benzene rings is 1. The second-order valence-electron chi connectivity index (χ2n) is 4.19. The molecule has 1 unspecified atom stereocenters. The van der Waals surface area contributed by atoms with Crippen molar-refractivity contribution in [3.8, 4) is 0 Å². The Kier molecular flexibility index (Phi) is 5.41. The van der Waals surface area contributed by atoms with E-state index in [1.54, 1.807) is 0 Å². The van der Waals surface area contributed by atoms with Crippen molar-refractivity contribution in [2.45, 2.75) is 52.0 Å². The lowest BCUT2D eigenvalue weighted by molar-refractivity contribution is 0.569. The molecule has 0 aromatic heterocycles. The van der Waals surface area contributed by atoms with Crippen molar-refractivity contribution >= 4 is 0 Å². The van der Waals surface area contributed by atoms with Gasteiger partial charge >= 0.3 is 0 Å². The van der Waals surface area contributed by atoms with Gasteiger partial charge in [-0.25, -0.2) is 0 Å². The predicted octanol–water partition coefficient (Wildman–Crippen LogP) is 3.83. The molecule has 0 amide bonds. The summed E-state index contributed by atoms with van der Waals surface area (Å²) in [6.45, 7) is 5.17. The molecule has 0 saturated heterocycles. The van der Waals surface area contributed by atoms with E-state index in [1.807, 2.05) is 0 Å². The first-order valence-electron chi connectivity index (χ1n) is 6.10. The van der Waals surface area contributed by atoms with E-state index in [9.17, 15) is 0 Å². The van der Waals surface area contributed by atoms with Crippen molar-refractivity contribution in [2.75, 3.05) is 0 Å². The van der Waals surface area contributed by atoms with Crippen LogP contribution >= 0.6 is 0 Å². The summed E-state index contributed by atoms with van der Waals surface area (Å²) in [5, 5.41) is 0. The third-order valence-corrected chi connectivity index (χ3v) is 3.09. The fourth-order valence-electron chi connectivity index (χ4n) is 1.98. The van der Waals surface area contributed by atoms with Gasteiger partial charge in [0.1, 0.15) is 0 Å². The highest BCUT2D eigenvalue weighted by Gasteiger charge is 2.07. The molecule has 1 aromatic rings. The van der Waals surface area contributed by atoms with Gasteiger partial charge in [0.25, 0.3) is 0 Å². The number of nitrogens with two attached hydrogens (primary N) is 1. The van der Waals surface area contributed by atoms with E-state index in [0.29, 0.717) is 6.54 Å². The molecule has 1 nitrogen and oxygen atoms in total. The minimum atomic E-state index is 0.645. The van der Waals surface area contributed by atoms with Crippen LogP contribution in [0.4, 0.5) is 0 Å². The molecule has 2 N–H and O–H groups in total. The van der Waals surface area contributed by atoms with Gasteiger partial charge in [-0.2, -0.15) is 0 Å². The topological polar surface area (TPSA) is 26.0 Å². The van der Waals surface area contributed by atoms with Gasteiger partial charge in [0.05, 0.1) is 0 Å². The van der Waals surface area contributed by atoms with Crippen LogP contribution in [-0.2, 0) is 6.54 Å². The summed E-state index contributed by atoms with van der Waals surface area (Å²) in [5.41, 5.74) is 8.29. The van der Waals surface area contributed by atoms with Gasteiger partial charge in [-0.3, -0.25) is 0 Å². The summed E-state index contributed by atoms with van der Waals surface area (Å²) >= 11 is 0. The molecule has 0 aliphatic heterocycles. The van der Waals surface area contributed by atoms with E-state index in [-0.39, 0.29) is 0 Å². The Morgan fingerprint density at radius 2 is 1.80 bits per heavy atom. The number of hydrogen-bond donors (Lipinski definition) is 1. The summed E-state index contributed by atoms with van der Waals surface area (Å²) in [6, 6.07) is 8.80. The molecule has 1 heteroatoms. The Morgan fingerprint density at radius 1 is 1.13 bits per heavy atom. The summed E-state index contributed by atoms with van der Waals surface area (Å²) in [6.07, 6.45) is 5.17. The summed E-state index contributed by atoms with van der Waals surface area (Å²) < 4.78 is 0. The highest BCUT2D eigenvalue weighted by Crippen LogP contribution is 2.25. The molecule has 1 rings (SSSR count). The van der Waals surface area contributed by atoms with Crippen molar-refractivity contribution in [3.05, 3.63) is 35.4 Å². The van der Waals surface area contributed by atoms with Crippen molar-refractivity contribution < 1.29 is 0 Å². The zero-order valence-corrected chi connectivity index (χ0v) is 10.00. The average molecular weight is 205 g/mol. The Hall–Kier alpha value is -0.820. The predicted molar refractivity (Wildman–Crippen MR) is 66.9 cm³/mol. The Bertz CT molecular complexity index is 263. The SMILES string of the molecule is CCCCC(CC)c1ccc(CN)cc1. The van der Waals surface area contributed by atoms with E-state index in [2.05, 4.69) is 38.1 Å². The van der Waals surface area contributed by atoms with Crippen LogP contribution in [0.5, 0.6) is 0 Å². The van der Waals surface area contributed by atoms with Gasteiger partial charge in [-0.05, 0) is 29.9 Å². The summed E-state index contributed by atoms with van der Waals surface area (Å²) in [4.78, 5) is 0. The van der Waals surface area contributed by atoms with Gasteiger partial charge in [-0.15, -0.1) is 0 Å². The molecule has 84 valence electrons. The maximum absolute atomic E-state index is 5.59. The number of unbranched alkanes of at least 4 members (excludes halogenated alkanes) is 1. The third-order valence-electron chi connectivity index (χ3n) is 3.09. The van der Waals surface area contributed by atoms with E-state index < -0.39 is 0 Å². The second-order valence-corrected chi connectivity index (χ2v) is 4.19. The van der Waals surface area contributed by atoms with Gasteiger partial charge in [-0.1, -0.05) is 51.0 Å². The lowest BCUT2D eigenvalue weighted by atomic mass is 9.91. The number of hydrogen-bond acceptors (Lipinski definition) is 1. The van der Waals surface area contributed by atoms with Crippen LogP contribution in [0, 0.1) is 0 Å². The Labute approximate surface area is 93.7 Å². The van der Waals surface area contributed by atoms with Crippen molar-refractivity contribution in [1.82, 2.24) is 0 Å². The first-order valence-corrected chi connectivity index (χ1v) is 6.10. The Morgan fingerprint density at radius 3 is 2.27 bits per heavy atom. The van der Waals surface area contributed by atoms with Crippen LogP contribution in [0.25, 0.3) is 0 Å². The normalized spacial score (nSPS) is 12.7. The molecule has 15 heavy (non-hydrogen) atoms. The molecule has 0 saturated carbocycles. The van der Waals surface area contributed by atoms with Crippen LogP contribution in [0.1, 0.15) is 56.6 Å². The van der Waals surface area contributed by atoms with Crippen LogP contribution in [0.3, 0.4) is 0 Å². The lowest BCUT2D eigenvalue weighted by Crippen LogP contribution is -2.00. The molecule has 1 aromatic carbocycles. The molecule has 0 spiro atoms. The molecular weight excluding hydrogens is 182 g/mol. The van der Waals surface area contributed by atoms with Gasteiger partial charge in [0.2, 0.25) is 0 Å². The van der Waals surface area contributed by atoms with Crippen LogP contribution in [0.2, 0.25) is 0 Å². The van der Waals surface area contributed by atoms with Crippen LogP contribution in [-0.4, -0.2) is 0 Å². The van der Waals surface area contributed by atoms with Gasteiger partial charge in [0.15, 0.2) is 0 Å². The lowest BCUT2D eigenvalue weighted by Gasteiger charge is -2.15. The standard InChI is InChI=1S/C14H23N/c1-3-5-6-13(4-2)14-9-7-12(11-15)8-10-14/h7-10,13H,3-6,11,15H2,1-2H3. The molecular formula is C14H23N. The molecule has 0 fully saturated rings. The maximum atomic E-state index is 5.59. The van der Waals surface area contributed by atoms with E-state index in [4.69, 9.17) is 5.73 Å². The fourth-order valence-corrected chi connectivity index (χ4v) is 1.98. The second kappa shape index (κ2) is 6.62. The fraction of sp³-hybridized carbons (Fsp3) is 0.571. The maximum Gasteiger partial charge on any atom is 0.0178 e. The van der Waals surface area contributed by atoms with Gasteiger partial charge in [0, 0.05) is 6.54 Å². The minimum Gasteiger partial charge on any atom is -0.326 e. The van der Waals surface area contributed by atoms with Crippen molar-refractivity contribution in [2.24, 2.45) is 5.73 Å². The van der Waals surface area contributed by atoms with Gasteiger partial charge < -0.3 is 5.73 Å². The molecule has 1 atom stereocenters. The molecule has 0 heterocycles. The first kappa shape index (κ1) is 12.3. The summed E-state index contributed by atoms with van der Waals surface area (Å²) in [7, 11) is 0. The van der Waals surface area contributed by atoms with E-state index in [1.165, 1.54) is 36.8 Å². The van der Waals surface area contributed by atoms with E-state index >= 15 is 0 Å². The molecule has 0 bridgehead atoms. The van der Waals surface area contributed by atoms with E-state index in [0.717, 1.165) is 5.92 Å². The monoisotopic (exact) mass is 205 g/mol. The van der Waals surface area contributed by atoms with Crippen molar-refractivity contribution in [1.29, 1.82) is 0 Å². The first-order chi connectivity index (χ1) is 7.31. The molecule has 0 aliphatic carbocycles. The van der Waals surface area contributed by atoms with Crippen LogP contribution in [0.15, 0.2) is 24.3 Å². The zero-order valence-electron chi connectivity index (χ0n) is 10.00. The third kappa shape index (κ3) is 3.67. The smallest absolute Gasteiger partial charge is 0.0178 e. The zero-order chi connectivity index (χ0) is 11.1.